The maximum absolute atomic E-state index is 13.1. The molecule has 2 N–H and O–H groups in total. The number of para-hydroxylation sites is 1. The van der Waals surface area contributed by atoms with E-state index in [-0.39, 0.29) is 5.56 Å². The second-order valence-corrected chi connectivity index (χ2v) is 7.31. The Morgan fingerprint density at radius 2 is 1.59 bits per heavy atom. The van der Waals surface area contributed by atoms with E-state index in [1.165, 1.54) is 13.2 Å². The van der Waals surface area contributed by atoms with Crippen molar-refractivity contribution in [2.75, 3.05) is 7.11 Å². The quantitative estimate of drug-likeness (QED) is 0.582. The van der Waals surface area contributed by atoms with Crippen LogP contribution in [0.25, 0.3) is 0 Å². The fourth-order valence-electron chi connectivity index (χ4n) is 3.36. The van der Waals surface area contributed by atoms with Crippen LogP contribution in [0.3, 0.4) is 0 Å². The van der Waals surface area contributed by atoms with Crippen LogP contribution in [-0.2, 0) is 10.3 Å². The number of hydrogen-bond donors (Lipinski definition) is 2. The molecule has 1 fully saturated rings. The SMILES string of the molecule is COc1cccc(C2(C)NC(=O)N(NC(=O)c3cccc(Oc4ccccc4)c3)C2=O)c1. The lowest BCUT2D eigenvalue weighted by molar-refractivity contribution is -0.132. The molecule has 0 bridgehead atoms. The molecule has 4 rings (SSSR count). The van der Waals surface area contributed by atoms with E-state index in [4.69, 9.17) is 9.47 Å². The van der Waals surface area contributed by atoms with Gasteiger partial charge in [-0.1, -0.05) is 36.4 Å². The first-order valence-electron chi connectivity index (χ1n) is 9.86. The molecule has 1 aliphatic heterocycles. The summed E-state index contributed by atoms with van der Waals surface area (Å²) in [6.45, 7) is 1.57. The molecule has 8 nitrogen and oxygen atoms in total. The van der Waals surface area contributed by atoms with Crippen LogP contribution in [0.5, 0.6) is 17.2 Å². The fourth-order valence-corrected chi connectivity index (χ4v) is 3.36. The maximum atomic E-state index is 13.1. The fraction of sp³-hybridized carbons (Fsp3) is 0.125. The second kappa shape index (κ2) is 8.43. The number of nitrogens with zero attached hydrogens (tertiary/aromatic N) is 1. The molecule has 3 aromatic rings. The Morgan fingerprint density at radius 1 is 0.906 bits per heavy atom. The molecule has 162 valence electrons. The van der Waals surface area contributed by atoms with E-state index in [0.29, 0.717) is 27.8 Å². The van der Waals surface area contributed by atoms with Crippen LogP contribution in [-0.4, -0.2) is 30.0 Å². The summed E-state index contributed by atoms with van der Waals surface area (Å²) in [6, 6.07) is 21.7. The molecule has 1 atom stereocenters. The molecule has 1 unspecified atom stereocenters. The minimum absolute atomic E-state index is 0.231. The van der Waals surface area contributed by atoms with Crippen LogP contribution in [0.2, 0.25) is 0 Å². The number of hydrazine groups is 1. The molecule has 0 saturated carbocycles. The van der Waals surface area contributed by atoms with Crippen LogP contribution >= 0.6 is 0 Å². The first-order chi connectivity index (χ1) is 15.4. The van der Waals surface area contributed by atoms with E-state index in [1.807, 2.05) is 18.2 Å². The van der Waals surface area contributed by atoms with Crippen LogP contribution < -0.4 is 20.2 Å². The van der Waals surface area contributed by atoms with Crippen molar-refractivity contribution in [2.24, 2.45) is 0 Å². The summed E-state index contributed by atoms with van der Waals surface area (Å²) in [5.74, 6) is 0.377. The van der Waals surface area contributed by atoms with Gasteiger partial charge in [0.2, 0.25) is 0 Å². The molecule has 0 aromatic heterocycles. The normalized spacial score (nSPS) is 17.6. The van der Waals surface area contributed by atoms with Gasteiger partial charge in [-0.25, -0.2) is 4.79 Å². The first kappa shape index (κ1) is 20.9. The minimum atomic E-state index is -1.35. The zero-order valence-corrected chi connectivity index (χ0v) is 17.5. The number of imide groups is 1. The number of rotatable bonds is 6. The molecule has 1 heterocycles. The van der Waals surface area contributed by atoms with Crippen molar-refractivity contribution >= 4 is 17.8 Å². The highest BCUT2D eigenvalue weighted by Crippen LogP contribution is 2.30. The van der Waals surface area contributed by atoms with Crippen molar-refractivity contribution in [1.82, 2.24) is 15.8 Å². The number of methoxy groups -OCH3 is 1. The van der Waals surface area contributed by atoms with E-state index in [2.05, 4.69) is 10.7 Å². The van der Waals surface area contributed by atoms with Gasteiger partial charge in [0.25, 0.3) is 11.8 Å². The number of hydrogen-bond acceptors (Lipinski definition) is 5. The van der Waals surface area contributed by atoms with E-state index in [1.54, 1.807) is 61.5 Å². The van der Waals surface area contributed by atoms with Crippen LogP contribution in [0.15, 0.2) is 78.9 Å². The van der Waals surface area contributed by atoms with Crippen molar-refractivity contribution in [3.8, 4) is 17.2 Å². The van der Waals surface area contributed by atoms with Crippen molar-refractivity contribution in [2.45, 2.75) is 12.5 Å². The summed E-state index contributed by atoms with van der Waals surface area (Å²) in [5, 5.41) is 3.33. The van der Waals surface area contributed by atoms with Crippen LogP contribution in [0.4, 0.5) is 4.79 Å². The van der Waals surface area contributed by atoms with Gasteiger partial charge in [-0.2, -0.15) is 5.01 Å². The number of carbonyl (C=O) groups is 3. The molecule has 0 aliphatic carbocycles. The van der Waals surface area contributed by atoms with Gasteiger partial charge in [0.1, 0.15) is 22.8 Å². The topological polar surface area (TPSA) is 97.0 Å². The smallest absolute Gasteiger partial charge is 0.344 e. The Labute approximate surface area is 184 Å². The van der Waals surface area contributed by atoms with Gasteiger partial charge in [0.05, 0.1) is 7.11 Å². The van der Waals surface area contributed by atoms with Crippen molar-refractivity contribution in [3.63, 3.8) is 0 Å². The molecule has 3 aromatic carbocycles. The minimum Gasteiger partial charge on any atom is -0.497 e. The van der Waals surface area contributed by atoms with E-state index < -0.39 is 23.4 Å². The maximum Gasteiger partial charge on any atom is 0.344 e. The number of urea groups is 1. The molecular weight excluding hydrogens is 410 g/mol. The third kappa shape index (κ3) is 3.98. The first-order valence-corrected chi connectivity index (χ1v) is 9.86. The lowest BCUT2D eigenvalue weighted by atomic mass is 9.92. The standard InChI is InChI=1S/C24H21N3O5/c1-24(17-9-7-12-19(15-17)31-2)22(29)27(23(30)25-24)26-21(28)16-8-6-13-20(14-16)32-18-10-4-3-5-11-18/h3-15H,1-2H3,(H,25,30)(H,26,28). The number of nitrogens with one attached hydrogen (secondary N) is 2. The van der Waals surface area contributed by atoms with E-state index in [0.717, 1.165) is 0 Å². The lowest BCUT2D eigenvalue weighted by Gasteiger charge is -2.22. The van der Waals surface area contributed by atoms with Gasteiger partial charge in [-0.05, 0) is 55.0 Å². The van der Waals surface area contributed by atoms with Gasteiger partial charge in [-0.3, -0.25) is 15.0 Å². The Kier molecular flexibility index (Phi) is 5.51. The molecule has 1 aliphatic rings. The summed E-state index contributed by atoms with van der Waals surface area (Å²) < 4.78 is 10.9. The van der Waals surface area contributed by atoms with Gasteiger partial charge in [0.15, 0.2) is 0 Å². The number of amides is 4. The molecule has 0 radical (unpaired) electrons. The predicted molar refractivity (Wildman–Crippen MR) is 116 cm³/mol. The Bertz CT molecular complexity index is 1180. The summed E-state index contributed by atoms with van der Waals surface area (Å²) >= 11 is 0. The highest BCUT2D eigenvalue weighted by molar-refractivity contribution is 6.09. The summed E-state index contributed by atoms with van der Waals surface area (Å²) in [5.41, 5.74) is 1.80. The second-order valence-electron chi connectivity index (χ2n) is 7.31. The molecule has 0 spiro atoms. The molecule has 8 heteroatoms. The average Bonchev–Trinajstić information content (AvgIpc) is 3.03. The van der Waals surface area contributed by atoms with Gasteiger partial charge >= 0.3 is 6.03 Å². The third-order valence-corrected chi connectivity index (χ3v) is 5.13. The molecular formula is C24H21N3O5. The lowest BCUT2D eigenvalue weighted by Crippen LogP contribution is -2.47. The highest BCUT2D eigenvalue weighted by Gasteiger charge is 2.50. The summed E-state index contributed by atoms with van der Waals surface area (Å²) in [7, 11) is 1.51. The van der Waals surface area contributed by atoms with Crippen molar-refractivity contribution < 1.29 is 23.9 Å². The zero-order chi connectivity index (χ0) is 22.7. The van der Waals surface area contributed by atoms with Gasteiger partial charge in [0, 0.05) is 5.56 Å². The van der Waals surface area contributed by atoms with Crippen molar-refractivity contribution in [3.05, 3.63) is 90.0 Å². The zero-order valence-electron chi connectivity index (χ0n) is 17.5. The van der Waals surface area contributed by atoms with Gasteiger partial charge < -0.3 is 14.8 Å². The number of benzene rings is 3. The Morgan fingerprint density at radius 3 is 2.34 bits per heavy atom. The van der Waals surface area contributed by atoms with Gasteiger partial charge in [-0.15, -0.1) is 0 Å². The van der Waals surface area contributed by atoms with E-state index in [9.17, 15) is 14.4 Å². The third-order valence-electron chi connectivity index (χ3n) is 5.13. The monoisotopic (exact) mass is 431 g/mol. The van der Waals surface area contributed by atoms with Crippen LogP contribution in [0.1, 0.15) is 22.8 Å². The molecule has 4 amide bonds. The Hall–Kier alpha value is -4.33. The summed E-state index contributed by atoms with van der Waals surface area (Å²) in [4.78, 5) is 38.4. The van der Waals surface area contributed by atoms with E-state index >= 15 is 0 Å². The number of ether oxygens (including phenoxy) is 2. The largest absolute Gasteiger partial charge is 0.497 e. The predicted octanol–water partition coefficient (Wildman–Crippen LogP) is 3.60. The highest BCUT2D eigenvalue weighted by atomic mass is 16.5. The molecule has 32 heavy (non-hydrogen) atoms. The van der Waals surface area contributed by atoms with Crippen molar-refractivity contribution in [1.29, 1.82) is 0 Å². The number of carbonyl (C=O) groups excluding carboxylic acids is 3. The Balaban J connectivity index is 1.51. The average molecular weight is 431 g/mol. The summed E-state index contributed by atoms with van der Waals surface area (Å²) in [6.07, 6.45) is 0. The molecule has 1 saturated heterocycles. The van der Waals surface area contributed by atoms with Crippen LogP contribution in [0, 0.1) is 0 Å².